The highest BCUT2D eigenvalue weighted by molar-refractivity contribution is 5.79. The van der Waals surface area contributed by atoms with Crippen LogP contribution in [0.25, 0.3) is 0 Å². The van der Waals surface area contributed by atoms with Crippen molar-refractivity contribution in [2.75, 3.05) is 26.2 Å². The summed E-state index contributed by atoms with van der Waals surface area (Å²) >= 11 is 0. The first kappa shape index (κ1) is 18.4. The SMILES string of the molecule is CCC1CC(C(=O)N2CCN(Cc3ccccc3)CCC2C)CCO1. The maximum atomic E-state index is 13.1. The average Bonchev–Trinajstić information content (AvgIpc) is 2.84. The lowest BCUT2D eigenvalue weighted by Gasteiger charge is -2.34. The zero-order valence-electron chi connectivity index (χ0n) is 15.7. The predicted octanol–water partition coefficient (Wildman–Crippen LogP) is 3.31. The summed E-state index contributed by atoms with van der Waals surface area (Å²) in [6.45, 7) is 8.94. The van der Waals surface area contributed by atoms with Gasteiger partial charge in [0, 0.05) is 44.7 Å². The number of hydrogen-bond donors (Lipinski definition) is 0. The molecule has 2 aliphatic heterocycles. The number of amides is 1. The largest absolute Gasteiger partial charge is 0.378 e. The van der Waals surface area contributed by atoms with E-state index in [1.54, 1.807) is 0 Å². The minimum atomic E-state index is 0.154. The van der Waals surface area contributed by atoms with Crippen molar-refractivity contribution in [1.29, 1.82) is 0 Å². The van der Waals surface area contributed by atoms with Crippen molar-refractivity contribution >= 4 is 5.91 Å². The molecule has 0 saturated carbocycles. The molecule has 3 unspecified atom stereocenters. The molecule has 0 radical (unpaired) electrons. The van der Waals surface area contributed by atoms with E-state index < -0.39 is 0 Å². The van der Waals surface area contributed by atoms with Crippen LogP contribution in [0.5, 0.6) is 0 Å². The Balaban J connectivity index is 1.58. The van der Waals surface area contributed by atoms with Crippen LogP contribution in [-0.4, -0.2) is 54.1 Å². The Bertz CT molecular complexity index is 548. The molecule has 4 heteroatoms. The summed E-state index contributed by atoms with van der Waals surface area (Å²) < 4.78 is 5.75. The van der Waals surface area contributed by atoms with Crippen molar-refractivity contribution in [3.63, 3.8) is 0 Å². The third-order valence-electron chi connectivity index (χ3n) is 5.76. The molecule has 4 nitrogen and oxygen atoms in total. The number of carbonyl (C=O) groups is 1. The first-order valence-electron chi connectivity index (χ1n) is 9.85. The van der Waals surface area contributed by atoms with Gasteiger partial charge in [0.1, 0.15) is 0 Å². The molecule has 1 aromatic carbocycles. The van der Waals surface area contributed by atoms with Crippen molar-refractivity contribution in [1.82, 2.24) is 9.80 Å². The Hall–Kier alpha value is -1.39. The number of carbonyl (C=O) groups excluding carboxylic acids is 1. The maximum absolute atomic E-state index is 13.1. The van der Waals surface area contributed by atoms with Gasteiger partial charge in [0.2, 0.25) is 5.91 Å². The van der Waals surface area contributed by atoms with Gasteiger partial charge in [-0.1, -0.05) is 37.3 Å². The van der Waals surface area contributed by atoms with Crippen LogP contribution in [0.2, 0.25) is 0 Å². The van der Waals surface area contributed by atoms with Gasteiger partial charge in [0.05, 0.1) is 6.10 Å². The van der Waals surface area contributed by atoms with Gasteiger partial charge in [-0.15, -0.1) is 0 Å². The molecule has 138 valence electrons. The number of benzene rings is 1. The summed E-state index contributed by atoms with van der Waals surface area (Å²) in [5.41, 5.74) is 1.35. The van der Waals surface area contributed by atoms with Crippen molar-refractivity contribution in [2.45, 2.75) is 58.2 Å². The zero-order valence-corrected chi connectivity index (χ0v) is 15.7. The highest BCUT2D eigenvalue weighted by Crippen LogP contribution is 2.26. The lowest BCUT2D eigenvalue weighted by atomic mass is 9.92. The molecule has 25 heavy (non-hydrogen) atoms. The Labute approximate surface area is 152 Å². The topological polar surface area (TPSA) is 32.8 Å². The number of ether oxygens (including phenoxy) is 1. The third-order valence-corrected chi connectivity index (χ3v) is 5.76. The summed E-state index contributed by atoms with van der Waals surface area (Å²) in [5.74, 6) is 0.512. The van der Waals surface area contributed by atoms with Gasteiger partial charge in [0.15, 0.2) is 0 Å². The van der Waals surface area contributed by atoms with E-state index in [9.17, 15) is 4.79 Å². The van der Waals surface area contributed by atoms with Crippen LogP contribution in [0.3, 0.4) is 0 Å². The van der Waals surface area contributed by atoms with Crippen molar-refractivity contribution < 1.29 is 9.53 Å². The zero-order chi connectivity index (χ0) is 17.6. The van der Waals surface area contributed by atoms with Crippen LogP contribution in [0, 0.1) is 5.92 Å². The molecule has 0 N–H and O–H groups in total. The molecule has 2 saturated heterocycles. The minimum absolute atomic E-state index is 0.154. The second-order valence-electron chi connectivity index (χ2n) is 7.55. The molecule has 0 aromatic heterocycles. The second kappa shape index (κ2) is 8.81. The summed E-state index contributed by atoms with van der Waals surface area (Å²) in [7, 11) is 0. The molecule has 3 rings (SSSR count). The van der Waals surface area contributed by atoms with E-state index in [-0.39, 0.29) is 12.0 Å². The van der Waals surface area contributed by atoms with E-state index >= 15 is 0 Å². The summed E-state index contributed by atoms with van der Waals surface area (Å²) in [6, 6.07) is 11.0. The fourth-order valence-electron chi connectivity index (χ4n) is 4.06. The molecule has 2 fully saturated rings. The highest BCUT2D eigenvalue weighted by Gasteiger charge is 2.33. The predicted molar refractivity (Wildman–Crippen MR) is 100 cm³/mol. The van der Waals surface area contributed by atoms with E-state index in [1.807, 2.05) is 0 Å². The van der Waals surface area contributed by atoms with Crippen LogP contribution >= 0.6 is 0 Å². The molecular formula is C21H32N2O2. The lowest BCUT2D eigenvalue weighted by molar-refractivity contribution is -0.142. The van der Waals surface area contributed by atoms with Crippen LogP contribution in [0.1, 0.15) is 45.1 Å². The highest BCUT2D eigenvalue weighted by atomic mass is 16.5. The molecule has 3 atom stereocenters. The average molecular weight is 344 g/mol. The Morgan fingerprint density at radius 3 is 2.72 bits per heavy atom. The molecule has 2 heterocycles. The fourth-order valence-corrected chi connectivity index (χ4v) is 4.06. The van der Waals surface area contributed by atoms with Crippen LogP contribution < -0.4 is 0 Å². The monoisotopic (exact) mass is 344 g/mol. The molecule has 0 aliphatic carbocycles. The Kier molecular flexibility index (Phi) is 6.49. The van der Waals surface area contributed by atoms with Crippen molar-refractivity contribution in [2.24, 2.45) is 5.92 Å². The maximum Gasteiger partial charge on any atom is 0.226 e. The summed E-state index contributed by atoms with van der Waals surface area (Å²) in [6.07, 6.45) is 4.10. The molecule has 1 aromatic rings. The van der Waals surface area contributed by atoms with Crippen LogP contribution in [-0.2, 0) is 16.1 Å². The summed E-state index contributed by atoms with van der Waals surface area (Å²) in [5, 5.41) is 0. The lowest BCUT2D eigenvalue weighted by Crippen LogP contribution is -2.45. The van der Waals surface area contributed by atoms with Gasteiger partial charge in [-0.3, -0.25) is 9.69 Å². The Morgan fingerprint density at radius 1 is 1.16 bits per heavy atom. The van der Waals surface area contributed by atoms with Gasteiger partial charge in [-0.05, 0) is 38.2 Å². The second-order valence-corrected chi connectivity index (χ2v) is 7.55. The smallest absolute Gasteiger partial charge is 0.226 e. The van der Waals surface area contributed by atoms with Crippen molar-refractivity contribution in [3.8, 4) is 0 Å². The first-order chi connectivity index (χ1) is 12.2. The van der Waals surface area contributed by atoms with Crippen LogP contribution in [0.4, 0.5) is 0 Å². The molecule has 2 aliphatic rings. The standard InChI is InChI=1S/C21H32N2O2/c1-3-20-15-19(10-14-25-20)21(24)23-13-12-22(11-9-17(23)2)16-18-7-5-4-6-8-18/h4-8,17,19-20H,3,9-16H2,1-2H3. The van der Waals surface area contributed by atoms with Gasteiger partial charge < -0.3 is 9.64 Å². The van der Waals surface area contributed by atoms with Gasteiger partial charge in [-0.25, -0.2) is 0 Å². The van der Waals surface area contributed by atoms with Gasteiger partial charge in [0.25, 0.3) is 0 Å². The molecule has 0 spiro atoms. The quantitative estimate of drug-likeness (QED) is 0.840. The molecular weight excluding hydrogens is 312 g/mol. The van der Waals surface area contributed by atoms with E-state index in [0.717, 1.165) is 58.5 Å². The van der Waals surface area contributed by atoms with E-state index in [1.165, 1.54) is 5.56 Å². The Morgan fingerprint density at radius 2 is 1.96 bits per heavy atom. The van der Waals surface area contributed by atoms with E-state index in [2.05, 4.69) is 54.0 Å². The normalized spacial score (nSPS) is 28.6. The van der Waals surface area contributed by atoms with E-state index in [0.29, 0.717) is 11.9 Å². The number of rotatable bonds is 4. The summed E-state index contributed by atoms with van der Waals surface area (Å²) in [4.78, 5) is 17.7. The third kappa shape index (κ3) is 4.83. The van der Waals surface area contributed by atoms with Crippen molar-refractivity contribution in [3.05, 3.63) is 35.9 Å². The fraction of sp³-hybridized carbons (Fsp3) is 0.667. The molecule has 0 bridgehead atoms. The minimum Gasteiger partial charge on any atom is -0.378 e. The van der Waals surface area contributed by atoms with Gasteiger partial charge in [-0.2, -0.15) is 0 Å². The van der Waals surface area contributed by atoms with Gasteiger partial charge >= 0.3 is 0 Å². The first-order valence-corrected chi connectivity index (χ1v) is 9.85. The number of nitrogens with zero attached hydrogens (tertiary/aromatic N) is 2. The van der Waals surface area contributed by atoms with E-state index in [4.69, 9.17) is 4.74 Å². The van der Waals surface area contributed by atoms with Crippen LogP contribution in [0.15, 0.2) is 30.3 Å². The molecule has 1 amide bonds. The number of hydrogen-bond acceptors (Lipinski definition) is 3.